The number of aromatic nitrogens is 4. The lowest BCUT2D eigenvalue weighted by Gasteiger charge is -2.37. The Labute approximate surface area is 188 Å². The van der Waals surface area contributed by atoms with Gasteiger partial charge in [0.15, 0.2) is 11.2 Å². The Kier molecular flexibility index (Phi) is 5.53. The number of fused-ring (bicyclic) bond motifs is 1. The van der Waals surface area contributed by atoms with E-state index in [4.69, 9.17) is 9.72 Å². The van der Waals surface area contributed by atoms with Crippen molar-refractivity contribution in [3.8, 4) is 5.88 Å². The van der Waals surface area contributed by atoms with E-state index in [1.807, 2.05) is 25.1 Å². The normalized spacial score (nSPS) is 23.9. The molecule has 1 saturated carbocycles. The molecule has 32 heavy (non-hydrogen) atoms. The molecule has 2 aromatic heterocycles. The monoisotopic (exact) mass is 432 g/mol. The number of ether oxygens (including phenoxy) is 1. The van der Waals surface area contributed by atoms with Gasteiger partial charge in [0.25, 0.3) is 0 Å². The van der Waals surface area contributed by atoms with E-state index < -0.39 is 0 Å². The number of hydrogen-bond donors (Lipinski definition) is 0. The molecular weight excluding hydrogens is 403 g/mol. The summed E-state index contributed by atoms with van der Waals surface area (Å²) in [6.45, 7) is 4.76. The van der Waals surface area contributed by atoms with Crippen molar-refractivity contribution in [2.75, 3.05) is 0 Å². The quantitative estimate of drug-likeness (QED) is 0.477. The van der Waals surface area contributed by atoms with Gasteiger partial charge in [-0.25, -0.2) is 14.4 Å². The molecule has 2 heterocycles. The molecule has 0 aliphatic heterocycles. The fourth-order valence-corrected chi connectivity index (χ4v) is 4.70. The zero-order valence-corrected chi connectivity index (χ0v) is 18.7. The summed E-state index contributed by atoms with van der Waals surface area (Å²) in [5.41, 5.74) is 3.41. The van der Waals surface area contributed by atoms with Crippen LogP contribution in [0.3, 0.4) is 0 Å². The minimum absolute atomic E-state index is 0.0134. The minimum atomic E-state index is -0.186. The van der Waals surface area contributed by atoms with Gasteiger partial charge in [0.05, 0.1) is 6.54 Å². The van der Waals surface area contributed by atoms with Crippen LogP contribution in [0.4, 0.5) is 4.39 Å². The third-order valence-electron chi connectivity index (χ3n) is 6.73. The average Bonchev–Trinajstić information content (AvgIpc) is 3.11. The predicted octanol–water partition coefficient (Wildman–Crippen LogP) is 6.26. The summed E-state index contributed by atoms with van der Waals surface area (Å²) in [6, 6.07) is 10.3. The molecule has 2 aliphatic carbocycles. The Morgan fingerprint density at radius 2 is 1.97 bits per heavy atom. The Balaban J connectivity index is 1.64. The van der Waals surface area contributed by atoms with Crippen LogP contribution in [-0.2, 0) is 6.54 Å². The predicted molar refractivity (Wildman–Crippen MR) is 123 cm³/mol. The molecule has 0 spiro atoms. The Hall–Kier alpha value is -3.02. The first-order valence-corrected chi connectivity index (χ1v) is 11.5. The minimum Gasteiger partial charge on any atom is -0.470 e. The standard InChI is InChI=1S/C26H29FN4O/c1-18-15-20(27)11-6-7-12-21(18)23-30-22-24(31(23)16-19-9-4-3-5-10-19)28-17-29-25(22)32-26(2)13-8-14-26/h3-5,9-11,15,17,21H,6-8,12-14,16H2,1-2H3/b18-15-,20-11+. The van der Waals surface area contributed by atoms with Crippen LogP contribution in [-0.4, -0.2) is 25.1 Å². The molecule has 1 aromatic carbocycles. The van der Waals surface area contributed by atoms with Gasteiger partial charge in [-0.1, -0.05) is 35.9 Å². The Bertz CT molecular complexity index is 1180. The highest BCUT2D eigenvalue weighted by atomic mass is 19.1. The van der Waals surface area contributed by atoms with Crippen molar-refractivity contribution in [2.24, 2.45) is 0 Å². The fraction of sp³-hybridized carbons (Fsp3) is 0.423. The lowest BCUT2D eigenvalue weighted by atomic mass is 9.82. The van der Waals surface area contributed by atoms with Crippen LogP contribution in [0, 0.1) is 0 Å². The highest BCUT2D eigenvalue weighted by Gasteiger charge is 2.36. The number of rotatable bonds is 5. The molecule has 0 radical (unpaired) electrons. The zero-order chi connectivity index (χ0) is 22.1. The molecular formula is C26H29FN4O. The van der Waals surface area contributed by atoms with Gasteiger partial charge in [-0.3, -0.25) is 0 Å². The van der Waals surface area contributed by atoms with Gasteiger partial charge in [0.2, 0.25) is 5.88 Å². The van der Waals surface area contributed by atoms with Crippen LogP contribution >= 0.6 is 0 Å². The van der Waals surface area contributed by atoms with Gasteiger partial charge in [-0.2, -0.15) is 4.98 Å². The third kappa shape index (κ3) is 4.06. The van der Waals surface area contributed by atoms with Crippen molar-refractivity contribution < 1.29 is 9.13 Å². The summed E-state index contributed by atoms with van der Waals surface area (Å²) >= 11 is 0. The van der Waals surface area contributed by atoms with Crippen molar-refractivity contribution in [2.45, 2.75) is 70.4 Å². The zero-order valence-electron chi connectivity index (χ0n) is 18.7. The Morgan fingerprint density at radius 3 is 2.72 bits per heavy atom. The van der Waals surface area contributed by atoms with Crippen molar-refractivity contribution in [1.29, 1.82) is 0 Å². The fourth-order valence-electron chi connectivity index (χ4n) is 4.70. The lowest BCUT2D eigenvalue weighted by Crippen LogP contribution is -2.39. The second-order valence-corrected chi connectivity index (χ2v) is 9.26. The molecule has 5 nitrogen and oxygen atoms in total. The molecule has 2 aliphatic rings. The maximum absolute atomic E-state index is 14.2. The van der Waals surface area contributed by atoms with E-state index in [1.165, 1.54) is 12.0 Å². The molecule has 6 heteroatoms. The molecule has 1 atom stereocenters. The average molecular weight is 433 g/mol. The number of nitrogens with zero attached hydrogens (tertiary/aromatic N) is 4. The van der Waals surface area contributed by atoms with Crippen LogP contribution in [0.5, 0.6) is 5.88 Å². The lowest BCUT2D eigenvalue weighted by molar-refractivity contribution is 0.00847. The number of hydrogen-bond acceptors (Lipinski definition) is 4. The van der Waals surface area contributed by atoms with E-state index in [0.717, 1.165) is 49.1 Å². The number of halogens is 1. The first-order chi connectivity index (χ1) is 15.5. The topological polar surface area (TPSA) is 52.8 Å². The summed E-state index contributed by atoms with van der Waals surface area (Å²) in [7, 11) is 0. The van der Waals surface area contributed by atoms with Crippen molar-refractivity contribution in [3.63, 3.8) is 0 Å². The smallest absolute Gasteiger partial charge is 0.245 e. The van der Waals surface area contributed by atoms with Crippen LogP contribution in [0.15, 0.2) is 60.2 Å². The van der Waals surface area contributed by atoms with Gasteiger partial charge in [-0.15, -0.1) is 0 Å². The van der Waals surface area contributed by atoms with Crippen LogP contribution in [0.1, 0.15) is 69.7 Å². The first kappa shape index (κ1) is 20.9. The Morgan fingerprint density at radius 1 is 1.16 bits per heavy atom. The van der Waals surface area contributed by atoms with Crippen LogP contribution < -0.4 is 4.74 Å². The first-order valence-electron chi connectivity index (χ1n) is 11.5. The number of allylic oxidation sites excluding steroid dienone is 4. The number of imidazole rings is 1. The molecule has 0 N–H and O–H groups in total. The maximum atomic E-state index is 14.2. The van der Waals surface area contributed by atoms with Crippen LogP contribution in [0.25, 0.3) is 11.2 Å². The molecule has 1 fully saturated rings. The van der Waals surface area contributed by atoms with E-state index in [0.29, 0.717) is 17.9 Å². The SMILES string of the molecule is C/C1=C/C(F)=C\CCCC1c1nc2c(OC3(C)CCC3)ncnc2n1Cc1ccccc1. The molecule has 0 amide bonds. The summed E-state index contributed by atoms with van der Waals surface area (Å²) in [5.74, 6) is 1.29. The van der Waals surface area contributed by atoms with Gasteiger partial charge in [0, 0.05) is 5.92 Å². The summed E-state index contributed by atoms with van der Waals surface area (Å²) in [4.78, 5) is 14.1. The van der Waals surface area contributed by atoms with Crippen molar-refractivity contribution in [3.05, 3.63) is 71.6 Å². The van der Waals surface area contributed by atoms with Gasteiger partial charge >= 0.3 is 0 Å². The molecule has 0 bridgehead atoms. The van der Waals surface area contributed by atoms with E-state index in [-0.39, 0.29) is 17.3 Å². The summed E-state index contributed by atoms with van der Waals surface area (Å²) < 4.78 is 22.7. The summed E-state index contributed by atoms with van der Waals surface area (Å²) in [6.07, 6.45) is 10.6. The highest BCUT2D eigenvalue weighted by Crippen LogP contribution is 2.39. The van der Waals surface area contributed by atoms with Gasteiger partial charge < -0.3 is 9.30 Å². The second-order valence-electron chi connectivity index (χ2n) is 9.26. The van der Waals surface area contributed by atoms with Gasteiger partial charge in [0.1, 0.15) is 23.6 Å². The highest BCUT2D eigenvalue weighted by molar-refractivity contribution is 5.77. The van der Waals surface area contributed by atoms with E-state index >= 15 is 0 Å². The van der Waals surface area contributed by atoms with E-state index in [2.05, 4.69) is 33.6 Å². The van der Waals surface area contributed by atoms with Crippen molar-refractivity contribution in [1.82, 2.24) is 19.5 Å². The van der Waals surface area contributed by atoms with Gasteiger partial charge in [-0.05, 0) is 70.1 Å². The van der Waals surface area contributed by atoms with E-state index in [1.54, 1.807) is 18.5 Å². The molecule has 5 rings (SSSR count). The molecule has 0 saturated heterocycles. The largest absolute Gasteiger partial charge is 0.470 e. The number of benzene rings is 1. The summed E-state index contributed by atoms with van der Waals surface area (Å²) in [5, 5.41) is 0. The molecule has 1 unspecified atom stereocenters. The third-order valence-corrected chi connectivity index (χ3v) is 6.73. The molecule has 166 valence electrons. The second kappa shape index (κ2) is 8.49. The maximum Gasteiger partial charge on any atom is 0.245 e. The van der Waals surface area contributed by atoms with Crippen LogP contribution in [0.2, 0.25) is 0 Å². The molecule has 3 aromatic rings. The van der Waals surface area contributed by atoms with Crippen molar-refractivity contribution >= 4 is 11.2 Å². The van der Waals surface area contributed by atoms with E-state index in [9.17, 15) is 4.39 Å².